The summed E-state index contributed by atoms with van der Waals surface area (Å²) < 4.78 is 7.24. The van der Waals surface area contributed by atoms with Crippen molar-refractivity contribution in [2.45, 2.75) is 45.2 Å². The largest absolute Gasteiger partial charge is 0.385 e. The Hall–Kier alpha value is -1.03. The minimum absolute atomic E-state index is 0.520. The highest BCUT2D eigenvalue weighted by Crippen LogP contribution is 2.33. The van der Waals surface area contributed by atoms with Gasteiger partial charge in [-0.15, -0.1) is 0 Å². The number of anilines is 1. The zero-order valence-electron chi connectivity index (χ0n) is 10.9. The summed E-state index contributed by atoms with van der Waals surface area (Å²) in [7, 11) is 1.74. The van der Waals surface area contributed by atoms with E-state index in [4.69, 9.17) is 4.74 Å². The standard InChI is InChI=1S/C13H23N3O/c1-11(10-12-4-5-12)15-13-14-6-8-16(13)7-3-9-17-2/h6,8,11-12H,3-5,7,9-10H2,1-2H3,(H,14,15). The molecule has 1 heterocycles. The fourth-order valence-electron chi connectivity index (χ4n) is 2.14. The summed E-state index contributed by atoms with van der Waals surface area (Å²) in [5.41, 5.74) is 0. The Morgan fingerprint density at radius 1 is 1.59 bits per heavy atom. The monoisotopic (exact) mass is 237 g/mol. The molecule has 1 aromatic heterocycles. The number of hydrogen-bond acceptors (Lipinski definition) is 3. The van der Waals surface area contributed by atoms with Gasteiger partial charge in [-0.05, 0) is 25.7 Å². The molecule has 0 saturated heterocycles. The van der Waals surface area contributed by atoms with Crippen molar-refractivity contribution >= 4 is 5.95 Å². The fourth-order valence-corrected chi connectivity index (χ4v) is 2.14. The maximum absolute atomic E-state index is 5.07. The number of nitrogens with one attached hydrogen (secondary N) is 1. The molecule has 1 N–H and O–H groups in total. The van der Waals surface area contributed by atoms with E-state index in [9.17, 15) is 0 Å². The van der Waals surface area contributed by atoms with Crippen LogP contribution in [-0.4, -0.2) is 29.3 Å². The number of hydrogen-bond donors (Lipinski definition) is 1. The summed E-state index contributed by atoms with van der Waals surface area (Å²) >= 11 is 0. The smallest absolute Gasteiger partial charge is 0.202 e. The van der Waals surface area contributed by atoms with E-state index in [1.165, 1.54) is 19.3 Å². The van der Waals surface area contributed by atoms with Gasteiger partial charge in [-0.1, -0.05) is 12.8 Å². The van der Waals surface area contributed by atoms with E-state index in [0.717, 1.165) is 31.4 Å². The lowest BCUT2D eigenvalue weighted by atomic mass is 10.2. The first kappa shape index (κ1) is 12.4. The summed E-state index contributed by atoms with van der Waals surface area (Å²) in [5.74, 6) is 1.95. The van der Waals surface area contributed by atoms with E-state index >= 15 is 0 Å². The first-order chi connectivity index (χ1) is 8.29. The first-order valence-electron chi connectivity index (χ1n) is 6.56. The SMILES string of the molecule is COCCCn1ccnc1NC(C)CC1CC1. The Kier molecular flexibility index (Phi) is 4.42. The van der Waals surface area contributed by atoms with Crippen LogP contribution in [0.4, 0.5) is 5.95 Å². The van der Waals surface area contributed by atoms with Crippen molar-refractivity contribution in [3.05, 3.63) is 12.4 Å². The molecule has 1 atom stereocenters. The van der Waals surface area contributed by atoms with Crippen LogP contribution in [0.25, 0.3) is 0 Å². The third-order valence-corrected chi connectivity index (χ3v) is 3.22. The van der Waals surface area contributed by atoms with Crippen molar-refractivity contribution in [3.8, 4) is 0 Å². The molecular formula is C13H23N3O. The molecule has 0 bridgehead atoms. The van der Waals surface area contributed by atoms with Gasteiger partial charge in [0.15, 0.2) is 0 Å². The van der Waals surface area contributed by atoms with Crippen molar-refractivity contribution in [1.82, 2.24) is 9.55 Å². The maximum Gasteiger partial charge on any atom is 0.202 e. The normalized spacial score (nSPS) is 17.1. The summed E-state index contributed by atoms with van der Waals surface area (Å²) in [6.45, 7) is 4.01. The van der Waals surface area contributed by atoms with Crippen LogP contribution in [0.3, 0.4) is 0 Å². The van der Waals surface area contributed by atoms with Gasteiger partial charge in [0.2, 0.25) is 5.95 Å². The van der Waals surface area contributed by atoms with Crippen LogP contribution in [-0.2, 0) is 11.3 Å². The molecule has 1 aliphatic carbocycles. The van der Waals surface area contributed by atoms with Crippen molar-refractivity contribution in [2.24, 2.45) is 5.92 Å². The highest BCUT2D eigenvalue weighted by molar-refractivity contribution is 5.27. The Morgan fingerprint density at radius 3 is 3.12 bits per heavy atom. The second-order valence-electron chi connectivity index (χ2n) is 5.02. The average Bonchev–Trinajstić information content (AvgIpc) is 3.00. The van der Waals surface area contributed by atoms with E-state index in [1.807, 2.05) is 12.4 Å². The van der Waals surface area contributed by atoms with Crippen LogP contribution in [0, 0.1) is 5.92 Å². The second-order valence-corrected chi connectivity index (χ2v) is 5.02. The molecule has 1 aliphatic rings. The van der Waals surface area contributed by atoms with Crippen LogP contribution in [0.15, 0.2) is 12.4 Å². The quantitative estimate of drug-likeness (QED) is 0.706. The summed E-state index contributed by atoms with van der Waals surface area (Å²) in [6, 6.07) is 0.520. The molecular weight excluding hydrogens is 214 g/mol. The summed E-state index contributed by atoms with van der Waals surface area (Å²) in [5, 5.41) is 3.50. The van der Waals surface area contributed by atoms with E-state index in [0.29, 0.717) is 6.04 Å². The van der Waals surface area contributed by atoms with Crippen LogP contribution in [0.2, 0.25) is 0 Å². The van der Waals surface area contributed by atoms with E-state index in [-0.39, 0.29) is 0 Å². The van der Waals surface area contributed by atoms with Gasteiger partial charge >= 0.3 is 0 Å². The Morgan fingerprint density at radius 2 is 2.41 bits per heavy atom. The second kappa shape index (κ2) is 6.05. The van der Waals surface area contributed by atoms with Crippen LogP contribution in [0.5, 0.6) is 0 Å². The fraction of sp³-hybridized carbons (Fsp3) is 0.769. The minimum Gasteiger partial charge on any atom is -0.385 e. The number of aromatic nitrogens is 2. The van der Waals surface area contributed by atoms with E-state index in [2.05, 4.69) is 21.8 Å². The highest BCUT2D eigenvalue weighted by atomic mass is 16.5. The van der Waals surface area contributed by atoms with Gasteiger partial charge in [-0.2, -0.15) is 0 Å². The zero-order valence-corrected chi connectivity index (χ0v) is 10.9. The van der Waals surface area contributed by atoms with Gasteiger partial charge in [-0.25, -0.2) is 4.98 Å². The minimum atomic E-state index is 0.520. The van der Waals surface area contributed by atoms with Crippen molar-refractivity contribution in [2.75, 3.05) is 19.0 Å². The molecule has 96 valence electrons. The highest BCUT2D eigenvalue weighted by Gasteiger charge is 2.23. The molecule has 1 saturated carbocycles. The lowest BCUT2D eigenvalue weighted by Crippen LogP contribution is -2.19. The number of nitrogens with zero attached hydrogens (tertiary/aromatic N) is 2. The lowest BCUT2D eigenvalue weighted by Gasteiger charge is -2.15. The molecule has 0 spiro atoms. The third kappa shape index (κ3) is 4.04. The van der Waals surface area contributed by atoms with Crippen LogP contribution >= 0.6 is 0 Å². The lowest BCUT2D eigenvalue weighted by molar-refractivity contribution is 0.190. The van der Waals surface area contributed by atoms with E-state index < -0.39 is 0 Å². The van der Waals surface area contributed by atoms with Gasteiger partial charge in [0.1, 0.15) is 0 Å². The molecule has 2 rings (SSSR count). The van der Waals surface area contributed by atoms with Crippen molar-refractivity contribution < 1.29 is 4.74 Å². The molecule has 0 radical (unpaired) electrons. The molecule has 0 aliphatic heterocycles. The van der Waals surface area contributed by atoms with Gasteiger partial charge in [-0.3, -0.25) is 0 Å². The molecule has 0 amide bonds. The Balaban J connectivity index is 1.79. The summed E-state index contributed by atoms with van der Waals surface area (Å²) in [4.78, 5) is 4.37. The molecule has 0 aromatic carbocycles. The van der Waals surface area contributed by atoms with Gasteiger partial charge < -0.3 is 14.6 Å². The maximum atomic E-state index is 5.07. The van der Waals surface area contributed by atoms with Crippen molar-refractivity contribution in [1.29, 1.82) is 0 Å². The molecule has 4 heteroatoms. The molecule has 1 aromatic rings. The number of methoxy groups -OCH3 is 1. The van der Waals surface area contributed by atoms with Crippen LogP contribution < -0.4 is 5.32 Å². The number of aryl methyl sites for hydroxylation is 1. The number of ether oxygens (including phenoxy) is 1. The Bertz CT molecular complexity index is 333. The number of rotatable bonds is 8. The van der Waals surface area contributed by atoms with Gasteiger partial charge in [0.05, 0.1) is 0 Å². The van der Waals surface area contributed by atoms with Gasteiger partial charge in [0, 0.05) is 38.7 Å². The predicted octanol–water partition coefficient (Wildman–Crippen LogP) is 2.52. The first-order valence-corrected chi connectivity index (χ1v) is 6.56. The molecule has 1 fully saturated rings. The Labute approximate surface area is 103 Å². The summed E-state index contributed by atoms with van der Waals surface area (Å²) in [6.07, 6.45) is 9.01. The van der Waals surface area contributed by atoms with Crippen LogP contribution in [0.1, 0.15) is 32.6 Å². The number of imidazole rings is 1. The topological polar surface area (TPSA) is 39.1 Å². The van der Waals surface area contributed by atoms with Gasteiger partial charge in [0.25, 0.3) is 0 Å². The van der Waals surface area contributed by atoms with Crippen molar-refractivity contribution in [3.63, 3.8) is 0 Å². The van der Waals surface area contributed by atoms with E-state index in [1.54, 1.807) is 7.11 Å². The average molecular weight is 237 g/mol. The third-order valence-electron chi connectivity index (χ3n) is 3.22. The predicted molar refractivity (Wildman–Crippen MR) is 69.1 cm³/mol. The molecule has 4 nitrogen and oxygen atoms in total. The molecule has 17 heavy (non-hydrogen) atoms. The zero-order chi connectivity index (χ0) is 12.1. The molecule has 1 unspecified atom stereocenters.